The van der Waals surface area contributed by atoms with Gasteiger partial charge in [0.2, 0.25) is 15.9 Å². The number of anilines is 2. The third kappa shape index (κ3) is 6.07. The summed E-state index contributed by atoms with van der Waals surface area (Å²) in [4.78, 5) is 11.9. The average Bonchev–Trinajstić information content (AvgIpc) is 2.47. The third-order valence-electron chi connectivity index (χ3n) is 3.03. The zero-order valence-corrected chi connectivity index (χ0v) is 13.4. The fourth-order valence-electron chi connectivity index (χ4n) is 1.97. The van der Waals surface area contributed by atoms with Gasteiger partial charge in [-0.1, -0.05) is 12.1 Å². The van der Waals surface area contributed by atoms with Crippen molar-refractivity contribution in [3.8, 4) is 0 Å². The van der Waals surface area contributed by atoms with E-state index in [1.165, 1.54) is 12.1 Å². The maximum Gasteiger partial charge on any atom is 0.229 e. The SMILES string of the molecule is CS(=O)(=O)Nc1ccc(NC(=O)CCc2ccc(F)cc2)cc1. The van der Waals surface area contributed by atoms with Crippen LogP contribution in [0.2, 0.25) is 0 Å². The van der Waals surface area contributed by atoms with Crippen LogP contribution >= 0.6 is 0 Å². The summed E-state index contributed by atoms with van der Waals surface area (Å²) in [6.45, 7) is 0. The molecule has 1 amide bonds. The summed E-state index contributed by atoms with van der Waals surface area (Å²) >= 11 is 0. The number of amides is 1. The molecular weight excluding hydrogens is 319 g/mol. The number of rotatable bonds is 6. The van der Waals surface area contributed by atoms with E-state index in [0.29, 0.717) is 17.8 Å². The Kier molecular flexibility index (Phi) is 5.33. The van der Waals surface area contributed by atoms with E-state index in [9.17, 15) is 17.6 Å². The summed E-state index contributed by atoms with van der Waals surface area (Å²) in [5, 5.41) is 2.72. The molecule has 2 aromatic rings. The maximum absolute atomic E-state index is 12.8. The second kappa shape index (κ2) is 7.23. The zero-order valence-electron chi connectivity index (χ0n) is 12.5. The third-order valence-corrected chi connectivity index (χ3v) is 3.63. The van der Waals surface area contributed by atoms with Gasteiger partial charge in [-0.3, -0.25) is 9.52 Å². The fraction of sp³-hybridized carbons (Fsp3) is 0.188. The van der Waals surface area contributed by atoms with E-state index < -0.39 is 10.0 Å². The molecule has 2 rings (SSSR count). The van der Waals surface area contributed by atoms with E-state index in [4.69, 9.17) is 0 Å². The number of hydrogen-bond acceptors (Lipinski definition) is 3. The van der Waals surface area contributed by atoms with Crippen molar-refractivity contribution in [1.29, 1.82) is 0 Å². The molecule has 0 aliphatic rings. The smallest absolute Gasteiger partial charge is 0.229 e. The van der Waals surface area contributed by atoms with Crippen molar-refractivity contribution in [2.75, 3.05) is 16.3 Å². The number of carbonyl (C=O) groups excluding carboxylic acids is 1. The Labute approximate surface area is 134 Å². The standard InChI is InChI=1S/C16H17FN2O3S/c1-23(21,22)19-15-9-7-14(8-10-15)18-16(20)11-4-12-2-5-13(17)6-3-12/h2-3,5-10,19H,4,11H2,1H3,(H,18,20). The molecule has 0 aliphatic heterocycles. The topological polar surface area (TPSA) is 75.3 Å². The lowest BCUT2D eigenvalue weighted by molar-refractivity contribution is -0.116. The molecule has 122 valence electrons. The highest BCUT2D eigenvalue weighted by Crippen LogP contribution is 2.15. The lowest BCUT2D eigenvalue weighted by Crippen LogP contribution is -2.13. The molecule has 2 aromatic carbocycles. The van der Waals surface area contributed by atoms with Crippen LogP contribution in [0.3, 0.4) is 0 Å². The second-order valence-electron chi connectivity index (χ2n) is 5.13. The zero-order chi connectivity index (χ0) is 16.9. The van der Waals surface area contributed by atoms with Crippen molar-refractivity contribution in [2.24, 2.45) is 0 Å². The van der Waals surface area contributed by atoms with Gasteiger partial charge < -0.3 is 5.32 Å². The van der Waals surface area contributed by atoms with Crippen LogP contribution in [0.15, 0.2) is 48.5 Å². The summed E-state index contributed by atoms with van der Waals surface area (Å²) in [5.41, 5.74) is 1.89. The predicted octanol–water partition coefficient (Wildman–Crippen LogP) is 2.77. The summed E-state index contributed by atoms with van der Waals surface area (Å²) < 4.78 is 37.3. The normalized spacial score (nSPS) is 11.0. The number of sulfonamides is 1. The largest absolute Gasteiger partial charge is 0.326 e. The van der Waals surface area contributed by atoms with Gasteiger partial charge in [-0.2, -0.15) is 0 Å². The molecule has 0 radical (unpaired) electrons. The minimum absolute atomic E-state index is 0.168. The number of benzene rings is 2. The van der Waals surface area contributed by atoms with E-state index in [-0.39, 0.29) is 18.1 Å². The molecule has 0 aliphatic carbocycles. The molecule has 0 heterocycles. The lowest BCUT2D eigenvalue weighted by Gasteiger charge is -2.07. The monoisotopic (exact) mass is 336 g/mol. The van der Waals surface area contributed by atoms with Crippen molar-refractivity contribution in [3.63, 3.8) is 0 Å². The van der Waals surface area contributed by atoms with Crippen molar-refractivity contribution in [2.45, 2.75) is 12.8 Å². The molecule has 2 N–H and O–H groups in total. The highest BCUT2D eigenvalue weighted by Gasteiger charge is 2.05. The highest BCUT2D eigenvalue weighted by molar-refractivity contribution is 7.92. The highest BCUT2D eigenvalue weighted by atomic mass is 32.2. The minimum atomic E-state index is -3.32. The van der Waals surface area contributed by atoms with Gasteiger partial charge in [-0.05, 0) is 48.4 Å². The first kappa shape index (κ1) is 17.0. The van der Waals surface area contributed by atoms with Crippen LogP contribution in [0.1, 0.15) is 12.0 Å². The van der Waals surface area contributed by atoms with E-state index in [1.54, 1.807) is 36.4 Å². The Morgan fingerprint density at radius 2 is 1.57 bits per heavy atom. The molecule has 0 bridgehead atoms. The van der Waals surface area contributed by atoms with Crippen LogP contribution < -0.4 is 10.0 Å². The Morgan fingerprint density at radius 3 is 2.13 bits per heavy atom. The maximum atomic E-state index is 12.8. The lowest BCUT2D eigenvalue weighted by atomic mass is 10.1. The molecule has 5 nitrogen and oxygen atoms in total. The van der Waals surface area contributed by atoms with E-state index >= 15 is 0 Å². The number of carbonyl (C=O) groups is 1. The molecule has 7 heteroatoms. The summed E-state index contributed by atoms with van der Waals surface area (Å²) in [7, 11) is -3.32. The van der Waals surface area contributed by atoms with Crippen LogP contribution in [-0.2, 0) is 21.2 Å². The van der Waals surface area contributed by atoms with Gasteiger partial charge in [0.15, 0.2) is 0 Å². The Bertz CT molecular complexity index is 772. The quantitative estimate of drug-likeness (QED) is 0.852. The van der Waals surface area contributed by atoms with Crippen LogP contribution in [0.5, 0.6) is 0 Å². The second-order valence-corrected chi connectivity index (χ2v) is 6.87. The van der Waals surface area contributed by atoms with Crippen molar-refractivity contribution < 1.29 is 17.6 Å². The molecule has 0 atom stereocenters. The van der Waals surface area contributed by atoms with Gasteiger partial charge in [-0.25, -0.2) is 12.8 Å². The molecule has 23 heavy (non-hydrogen) atoms. The van der Waals surface area contributed by atoms with Crippen LogP contribution in [0, 0.1) is 5.82 Å². The molecule has 0 spiro atoms. The molecule has 0 unspecified atom stereocenters. The van der Waals surface area contributed by atoms with Gasteiger partial charge in [0.25, 0.3) is 0 Å². The first-order valence-corrected chi connectivity index (χ1v) is 8.83. The summed E-state index contributed by atoms with van der Waals surface area (Å²) in [5.74, 6) is -0.473. The van der Waals surface area contributed by atoms with Gasteiger partial charge in [0.1, 0.15) is 5.82 Å². The Morgan fingerprint density at radius 1 is 1.00 bits per heavy atom. The van der Waals surface area contributed by atoms with Gasteiger partial charge in [0.05, 0.1) is 6.26 Å². The Hall–Kier alpha value is -2.41. The number of hydrogen-bond donors (Lipinski definition) is 2. The number of nitrogens with one attached hydrogen (secondary N) is 2. The Balaban J connectivity index is 1.86. The van der Waals surface area contributed by atoms with Crippen molar-refractivity contribution in [1.82, 2.24) is 0 Å². The first-order valence-electron chi connectivity index (χ1n) is 6.94. The van der Waals surface area contributed by atoms with Crippen LogP contribution in [-0.4, -0.2) is 20.6 Å². The van der Waals surface area contributed by atoms with E-state index in [2.05, 4.69) is 10.0 Å². The molecule has 0 saturated heterocycles. The van der Waals surface area contributed by atoms with Crippen molar-refractivity contribution in [3.05, 3.63) is 59.9 Å². The predicted molar refractivity (Wildman–Crippen MR) is 88.3 cm³/mol. The number of halogens is 1. The molecular formula is C16H17FN2O3S. The summed E-state index contributed by atoms with van der Waals surface area (Å²) in [6, 6.07) is 12.4. The van der Waals surface area contributed by atoms with Crippen LogP contribution in [0.4, 0.5) is 15.8 Å². The molecule has 0 aromatic heterocycles. The first-order chi connectivity index (χ1) is 10.8. The van der Waals surface area contributed by atoms with E-state index in [0.717, 1.165) is 11.8 Å². The van der Waals surface area contributed by atoms with Gasteiger partial charge in [-0.15, -0.1) is 0 Å². The van der Waals surface area contributed by atoms with Crippen molar-refractivity contribution >= 4 is 27.3 Å². The summed E-state index contributed by atoms with van der Waals surface area (Å²) in [6.07, 6.45) is 1.85. The van der Waals surface area contributed by atoms with Crippen LogP contribution in [0.25, 0.3) is 0 Å². The molecule has 0 fully saturated rings. The minimum Gasteiger partial charge on any atom is -0.326 e. The molecule has 0 saturated carbocycles. The fourth-order valence-corrected chi connectivity index (χ4v) is 2.53. The van der Waals surface area contributed by atoms with Gasteiger partial charge in [0, 0.05) is 17.8 Å². The van der Waals surface area contributed by atoms with Gasteiger partial charge >= 0.3 is 0 Å². The number of aryl methyl sites for hydroxylation is 1. The van der Waals surface area contributed by atoms with E-state index in [1.807, 2.05) is 0 Å². The average molecular weight is 336 g/mol.